The Hall–Kier alpha value is -1.02. The van der Waals surface area contributed by atoms with Crippen molar-refractivity contribution in [2.24, 2.45) is 5.92 Å². The molecule has 1 N–H and O–H groups in total. The molecule has 1 saturated carbocycles. The Morgan fingerprint density at radius 2 is 1.94 bits per heavy atom. The van der Waals surface area contributed by atoms with Crippen LogP contribution >= 0.6 is 0 Å². The lowest BCUT2D eigenvalue weighted by Crippen LogP contribution is -2.19. The third-order valence-corrected chi connectivity index (χ3v) is 2.94. The van der Waals surface area contributed by atoms with Crippen molar-refractivity contribution in [3.8, 4) is 5.75 Å². The molecule has 0 unspecified atom stereocenters. The van der Waals surface area contributed by atoms with Gasteiger partial charge in [0, 0.05) is 0 Å². The van der Waals surface area contributed by atoms with Gasteiger partial charge in [-0.3, -0.25) is 0 Å². The molecule has 88 valence electrons. The maximum atomic E-state index is 5.61. The van der Waals surface area contributed by atoms with Crippen LogP contribution in [0.4, 0.5) is 0 Å². The molecule has 1 aliphatic carbocycles. The quantitative estimate of drug-likeness (QED) is 0.679. The zero-order chi connectivity index (χ0) is 11.1. The van der Waals surface area contributed by atoms with Crippen molar-refractivity contribution in [3.05, 3.63) is 30.3 Å². The molecule has 1 aliphatic rings. The van der Waals surface area contributed by atoms with Crippen LogP contribution in [0, 0.1) is 5.92 Å². The second-order valence-electron chi connectivity index (χ2n) is 4.50. The summed E-state index contributed by atoms with van der Waals surface area (Å²) in [5.41, 5.74) is 0. The van der Waals surface area contributed by atoms with Gasteiger partial charge in [-0.2, -0.15) is 0 Å². The maximum Gasteiger partial charge on any atom is 0.119 e. The normalized spacial score (nSPS) is 15.0. The summed E-state index contributed by atoms with van der Waals surface area (Å²) in [6.07, 6.45) is 5.36. The van der Waals surface area contributed by atoms with Crippen molar-refractivity contribution < 1.29 is 4.74 Å². The lowest BCUT2D eigenvalue weighted by atomic mass is 10.3. The summed E-state index contributed by atoms with van der Waals surface area (Å²) in [7, 11) is 0. The van der Waals surface area contributed by atoms with Crippen molar-refractivity contribution in [1.82, 2.24) is 5.32 Å². The number of hydrogen-bond acceptors (Lipinski definition) is 2. The van der Waals surface area contributed by atoms with Gasteiger partial charge in [-0.15, -0.1) is 0 Å². The van der Waals surface area contributed by atoms with E-state index in [-0.39, 0.29) is 0 Å². The van der Waals surface area contributed by atoms with E-state index in [0.717, 1.165) is 31.2 Å². The Labute approximate surface area is 98.0 Å². The molecule has 2 heteroatoms. The van der Waals surface area contributed by atoms with Crippen molar-refractivity contribution in [1.29, 1.82) is 0 Å². The van der Waals surface area contributed by atoms with Gasteiger partial charge in [-0.05, 0) is 44.0 Å². The van der Waals surface area contributed by atoms with Gasteiger partial charge in [-0.25, -0.2) is 0 Å². The van der Waals surface area contributed by atoms with Crippen molar-refractivity contribution >= 4 is 0 Å². The third-order valence-electron chi connectivity index (χ3n) is 2.94. The van der Waals surface area contributed by atoms with Crippen LogP contribution in [-0.2, 0) is 0 Å². The first kappa shape index (κ1) is 11.5. The monoisotopic (exact) mass is 219 g/mol. The molecule has 2 rings (SSSR count). The van der Waals surface area contributed by atoms with Gasteiger partial charge in [0.05, 0.1) is 6.61 Å². The minimum Gasteiger partial charge on any atom is -0.494 e. The van der Waals surface area contributed by atoms with E-state index in [0.29, 0.717) is 0 Å². The molecule has 0 aliphatic heterocycles. The van der Waals surface area contributed by atoms with E-state index in [1.54, 1.807) is 0 Å². The molecule has 1 fully saturated rings. The van der Waals surface area contributed by atoms with Crippen LogP contribution in [0.5, 0.6) is 5.75 Å². The van der Waals surface area contributed by atoms with Crippen LogP contribution in [0.3, 0.4) is 0 Å². The summed E-state index contributed by atoms with van der Waals surface area (Å²) in [5, 5.41) is 3.46. The van der Waals surface area contributed by atoms with E-state index in [4.69, 9.17) is 4.74 Å². The summed E-state index contributed by atoms with van der Waals surface area (Å²) >= 11 is 0. The summed E-state index contributed by atoms with van der Waals surface area (Å²) in [6.45, 7) is 3.05. The van der Waals surface area contributed by atoms with Crippen LogP contribution in [0.15, 0.2) is 30.3 Å². The fourth-order valence-electron chi connectivity index (χ4n) is 1.74. The summed E-state index contributed by atoms with van der Waals surface area (Å²) in [6, 6.07) is 10.0. The molecule has 1 aromatic carbocycles. The first-order chi connectivity index (χ1) is 7.95. The second kappa shape index (κ2) is 6.54. The van der Waals surface area contributed by atoms with Crippen LogP contribution in [0.1, 0.15) is 25.7 Å². The topological polar surface area (TPSA) is 21.3 Å². The van der Waals surface area contributed by atoms with Gasteiger partial charge in [0.15, 0.2) is 0 Å². The minimum absolute atomic E-state index is 0.806. The van der Waals surface area contributed by atoms with Crippen molar-refractivity contribution in [3.63, 3.8) is 0 Å². The molecule has 0 heterocycles. The number of nitrogens with one attached hydrogen (secondary N) is 1. The Morgan fingerprint density at radius 3 is 2.69 bits per heavy atom. The van der Waals surface area contributed by atoms with Crippen LogP contribution in [0.25, 0.3) is 0 Å². The molecule has 0 aromatic heterocycles. The van der Waals surface area contributed by atoms with E-state index in [9.17, 15) is 0 Å². The molecule has 2 nitrogen and oxygen atoms in total. The minimum atomic E-state index is 0.806. The largest absolute Gasteiger partial charge is 0.494 e. The van der Waals surface area contributed by atoms with Gasteiger partial charge >= 0.3 is 0 Å². The first-order valence-electron chi connectivity index (χ1n) is 6.34. The molecule has 0 amide bonds. The van der Waals surface area contributed by atoms with E-state index in [2.05, 4.69) is 5.32 Å². The lowest BCUT2D eigenvalue weighted by Gasteiger charge is -2.06. The number of para-hydroxylation sites is 1. The van der Waals surface area contributed by atoms with Gasteiger partial charge < -0.3 is 10.1 Å². The molecular weight excluding hydrogens is 198 g/mol. The fourth-order valence-corrected chi connectivity index (χ4v) is 1.74. The molecule has 0 atom stereocenters. The van der Waals surface area contributed by atoms with Crippen molar-refractivity contribution in [2.75, 3.05) is 19.7 Å². The van der Waals surface area contributed by atoms with E-state index >= 15 is 0 Å². The molecule has 0 bridgehead atoms. The van der Waals surface area contributed by atoms with E-state index in [1.807, 2.05) is 30.3 Å². The highest BCUT2D eigenvalue weighted by molar-refractivity contribution is 5.20. The second-order valence-corrected chi connectivity index (χ2v) is 4.50. The number of hydrogen-bond donors (Lipinski definition) is 1. The third kappa shape index (κ3) is 4.67. The predicted octanol–water partition coefficient (Wildman–Crippen LogP) is 2.85. The molecule has 16 heavy (non-hydrogen) atoms. The predicted molar refractivity (Wildman–Crippen MR) is 66.8 cm³/mol. The summed E-state index contributed by atoms with van der Waals surface area (Å²) < 4.78 is 5.61. The Balaban J connectivity index is 1.42. The Morgan fingerprint density at radius 1 is 1.12 bits per heavy atom. The zero-order valence-electron chi connectivity index (χ0n) is 9.82. The van der Waals surface area contributed by atoms with Gasteiger partial charge in [-0.1, -0.05) is 31.0 Å². The average Bonchev–Trinajstić information content (AvgIpc) is 3.13. The van der Waals surface area contributed by atoms with Crippen LogP contribution in [0.2, 0.25) is 0 Å². The highest BCUT2D eigenvalue weighted by Gasteiger charge is 2.19. The fraction of sp³-hybridized carbons (Fsp3) is 0.571. The van der Waals surface area contributed by atoms with Crippen molar-refractivity contribution in [2.45, 2.75) is 25.7 Å². The summed E-state index contributed by atoms with van der Waals surface area (Å²) in [4.78, 5) is 0. The zero-order valence-corrected chi connectivity index (χ0v) is 9.82. The smallest absolute Gasteiger partial charge is 0.119 e. The van der Waals surface area contributed by atoms with Gasteiger partial charge in [0.1, 0.15) is 5.75 Å². The lowest BCUT2D eigenvalue weighted by molar-refractivity contribution is 0.308. The maximum absolute atomic E-state index is 5.61. The van der Waals surface area contributed by atoms with Gasteiger partial charge in [0.2, 0.25) is 0 Å². The standard InChI is InChI=1S/C14H21NO/c1-2-5-14(6-3-1)16-12-4-10-15-11-9-13-7-8-13/h1-3,5-6,13,15H,4,7-12H2. The highest BCUT2D eigenvalue weighted by Crippen LogP contribution is 2.31. The molecular formula is C14H21NO. The van der Waals surface area contributed by atoms with E-state index in [1.165, 1.54) is 25.8 Å². The SMILES string of the molecule is c1ccc(OCCCNCCC2CC2)cc1. The van der Waals surface area contributed by atoms with Gasteiger partial charge in [0.25, 0.3) is 0 Å². The number of ether oxygens (including phenoxy) is 1. The molecule has 0 saturated heterocycles. The molecule has 0 spiro atoms. The molecule has 1 aromatic rings. The molecule has 0 radical (unpaired) electrons. The first-order valence-corrected chi connectivity index (χ1v) is 6.34. The number of rotatable bonds is 8. The highest BCUT2D eigenvalue weighted by atomic mass is 16.5. The van der Waals surface area contributed by atoms with Crippen LogP contribution in [-0.4, -0.2) is 19.7 Å². The van der Waals surface area contributed by atoms with E-state index < -0.39 is 0 Å². The van der Waals surface area contributed by atoms with Crippen LogP contribution < -0.4 is 10.1 Å². The number of benzene rings is 1. The average molecular weight is 219 g/mol. The Bertz CT molecular complexity index is 282. The summed E-state index contributed by atoms with van der Waals surface area (Å²) in [5.74, 6) is 2.01. The Kier molecular flexibility index (Phi) is 4.69.